The van der Waals surface area contributed by atoms with Crippen molar-refractivity contribution in [2.45, 2.75) is 104 Å². The molecule has 140 heavy (non-hydrogen) atoms. The number of halogens is 1. The minimum atomic E-state index is -3.39. The van der Waals surface area contributed by atoms with Crippen LogP contribution in [-0.2, 0) is 61.0 Å². The molecule has 0 radical (unpaired) electrons. The summed E-state index contributed by atoms with van der Waals surface area (Å²) in [4.78, 5) is 116. The maximum atomic E-state index is 14.0. The number of hydrogen-bond acceptors (Lipinski definition) is 28. The topological polar surface area (TPSA) is 422 Å². The van der Waals surface area contributed by atoms with E-state index in [4.69, 9.17) is 29.7 Å². The lowest BCUT2D eigenvalue weighted by molar-refractivity contribution is 0.0690. The number of nitrogens with one attached hydrogen (secondary N) is 4. The second kappa shape index (κ2) is 48.0. The largest absolute Gasteiger partial charge is 0.477 e. The number of carboxylic acid groups (broad SMARTS) is 4. The molecular weight excluding hydrogens is 2040 g/mol. The molecule has 7 aromatic carbocycles. The Morgan fingerprint density at radius 3 is 0.993 bits per heavy atom. The molecule has 726 valence electrons. The molecule has 1 aliphatic rings. The smallest absolute Gasteiger partial charge is 0.346 e. The van der Waals surface area contributed by atoms with Crippen LogP contribution in [0.5, 0.6) is 0 Å². The van der Waals surface area contributed by atoms with Crippen molar-refractivity contribution < 1.29 is 95.1 Å². The number of thiazole rings is 4. The average Bonchev–Trinajstić information content (AvgIpc) is 1.57. The van der Waals surface area contributed by atoms with Crippen LogP contribution in [-0.4, -0.2) is 121 Å². The fraction of sp³-hybridized carbons (Fsp3) is 0.212. The third-order valence-corrected chi connectivity index (χ3v) is 40.6. The molecule has 0 aliphatic heterocycles. The minimum absolute atomic E-state index is 0.00927. The van der Waals surface area contributed by atoms with Crippen molar-refractivity contribution in [2.24, 2.45) is 5.92 Å². The zero-order valence-electron chi connectivity index (χ0n) is 76.7. The van der Waals surface area contributed by atoms with E-state index in [1.807, 2.05) is 81.4 Å². The first-order valence-corrected chi connectivity index (χ1v) is 58.0. The number of carboxylic acids is 4. The van der Waals surface area contributed by atoms with E-state index in [0.717, 1.165) is 125 Å². The fourth-order valence-electron chi connectivity index (χ4n) is 15.4. The van der Waals surface area contributed by atoms with Crippen molar-refractivity contribution in [1.29, 1.82) is 0 Å². The number of benzene rings is 7. The fourth-order valence-corrected chi connectivity index (χ4v) is 31.4. The number of nitrogens with zero attached hydrogens (tertiary/aromatic N) is 4. The highest BCUT2D eigenvalue weighted by Gasteiger charge is 2.39. The summed E-state index contributed by atoms with van der Waals surface area (Å²) in [6, 6.07) is 53.5. The molecule has 41 heteroatoms. The van der Waals surface area contributed by atoms with Gasteiger partial charge in [0.25, 0.3) is 23.6 Å². The van der Waals surface area contributed by atoms with Gasteiger partial charge in [-0.1, -0.05) is 102 Å². The maximum Gasteiger partial charge on any atom is 0.346 e. The van der Waals surface area contributed by atoms with Gasteiger partial charge in [-0.15, -0.1) is 90.7 Å². The SMILES string of the molecule is CCOP(=O)(Cc1cc(-c2ccc(NC(=O)c3cscn3)cc2)sc1C(=O)O)c1ccc(C)cc1.CCOP(=O)(Cc1cc(-c2ccc(NC(=O)c3cscn3)cc2)sc1C(=O)O)c1ccc(C)cc1C.COP(=O)(Cc1cc(-c2ccc(NC(=O)c3cscn3)cc2)sc1C(=O)O)C1CCC(C)CC1.COP(=O)(Cc1cc(-c2ccc(NC(=O)c3cscn3)cc2)sc1C(=O)O)c1ccc(Cl)cc1C. The number of carbonyl (C=O) groups is 8. The van der Waals surface area contributed by atoms with Crippen molar-refractivity contribution in [3.63, 3.8) is 0 Å². The number of aromatic nitrogens is 4. The third-order valence-electron chi connectivity index (χ3n) is 22.4. The zero-order chi connectivity index (χ0) is 100. The Kier molecular flexibility index (Phi) is 36.3. The Bertz CT molecular complexity index is 7150. The van der Waals surface area contributed by atoms with Crippen LogP contribution in [0.3, 0.4) is 0 Å². The van der Waals surface area contributed by atoms with Crippen molar-refractivity contribution in [3.05, 3.63) is 317 Å². The first kappa shape index (κ1) is 106. The highest BCUT2D eigenvalue weighted by Crippen LogP contribution is 2.61. The summed E-state index contributed by atoms with van der Waals surface area (Å²) < 4.78 is 77.9. The molecule has 1 fully saturated rings. The molecule has 8 heterocycles. The number of amides is 4. The lowest BCUT2D eigenvalue weighted by atomic mass is 9.91. The van der Waals surface area contributed by atoms with Crippen LogP contribution in [0.1, 0.15) is 172 Å². The van der Waals surface area contributed by atoms with Crippen LogP contribution >= 0.6 is 132 Å². The summed E-state index contributed by atoms with van der Waals surface area (Å²) in [6.45, 7) is 13.8. The van der Waals surface area contributed by atoms with Crippen LogP contribution in [0, 0.1) is 33.6 Å². The number of hydrogen-bond donors (Lipinski definition) is 8. The van der Waals surface area contributed by atoms with E-state index in [-0.39, 0.29) is 86.7 Å². The van der Waals surface area contributed by atoms with Crippen LogP contribution < -0.4 is 37.2 Å². The van der Waals surface area contributed by atoms with Crippen LogP contribution in [0.15, 0.2) is 226 Å². The van der Waals surface area contributed by atoms with Crippen LogP contribution in [0.25, 0.3) is 41.8 Å². The molecule has 28 nitrogen and oxygen atoms in total. The normalized spacial score (nSPS) is 14.5. The molecule has 1 aliphatic carbocycles. The molecule has 1 saturated carbocycles. The average molecular weight is 2130 g/mol. The number of thiophene rings is 4. The van der Waals surface area contributed by atoms with Gasteiger partial charge in [0.2, 0.25) is 29.5 Å². The van der Waals surface area contributed by atoms with Gasteiger partial charge in [0.15, 0.2) is 0 Å². The summed E-state index contributed by atoms with van der Waals surface area (Å²) in [5.74, 6) is -4.84. The number of carbonyl (C=O) groups excluding carboxylic acids is 4. The summed E-state index contributed by atoms with van der Waals surface area (Å²) in [5.41, 5.74) is 18.9. The van der Waals surface area contributed by atoms with Gasteiger partial charge in [0.1, 0.15) is 42.3 Å². The Morgan fingerprint density at radius 1 is 0.379 bits per heavy atom. The van der Waals surface area contributed by atoms with Gasteiger partial charge in [-0.3, -0.25) is 37.4 Å². The molecule has 15 aromatic rings. The Labute approximate surface area is 844 Å². The zero-order valence-corrected chi connectivity index (χ0v) is 87.6. The highest BCUT2D eigenvalue weighted by molar-refractivity contribution is 7.67. The van der Waals surface area contributed by atoms with E-state index in [2.05, 4.69) is 48.1 Å². The van der Waals surface area contributed by atoms with Gasteiger partial charge in [-0.25, -0.2) is 39.1 Å². The summed E-state index contributed by atoms with van der Waals surface area (Å²) >= 11 is 15.9. The van der Waals surface area contributed by atoms with E-state index >= 15 is 0 Å². The second-order valence-corrected chi connectivity index (χ2v) is 50.0. The first-order valence-electron chi connectivity index (χ1n) is 43.3. The number of rotatable bonds is 34. The first-order chi connectivity index (χ1) is 67.0. The number of aromatic carboxylic acids is 4. The molecule has 16 rings (SSSR count). The Morgan fingerprint density at radius 2 is 0.686 bits per heavy atom. The lowest BCUT2D eigenvalue weighted by Gasteiger charge is -2.31. The van der Waals surface area contributed by atoms with Crippen molar-refractivity contribution in [3.8, 4) is 41.8 Å². The van der Waals surface area contributed by atoms with E-state index in [1.165, 1.54) is 59.6 Å². The molecule has 8 aromatic heterocycles. The summed E-state index contributed by atoms with van der Waals surface area (Å²) in [7, 11) is -10.2. The minimum Gasteiger partial charge on any atom is -0.477 e. The molecule has 8 N–H and O–H groups in total. The van der Waals surface area contributed by atoms with E-state index in [0.29, 0.717) is 105 Å². The summed E-state index contributed by atoms with van der Waals surface area (Å²) in [5, 5.41) is 59.3. The molecule has 0 saturated heterocycles. The van der Waals surface area contributed by atoms with Gasteiger partial charge in [0, 0.05) is 105 Å². The predicted molar refractivity (Wildman–Crippen MR) is 563 cm³/mol. The lowest BCUT2D eigenvalue weighted by Crippen LogP contribution is -2.19. The standard InChI is InChI=1S/C26H25N2O5PS2.C25H23N2O5PS2.C24H20ClN2O5PS2.C24H27N2O5PS2/c1-4-33-34(32,22-10-5-16(2)11-17(22)3)13-19-12-23(36-24(19)26(30)31)18-6-8-20(9-7-18)28-25(29)21-14-35-15-27-21;1-3-32-33(31,20-10-4-16(2)5-11-20)13-18-12-22(35-23(18)25(29)30)17-6-8-19(9-7-17)27-24(28)21-14-34-15-26-21;1-14-9-17(25)5-8-20(14)33(31,32-2)11-16-10-21(35-22(16)24(29)30)15-3-6-18(7-4-15)27-23(28)19-12-34-13-26-19;1-15-3-9-19(10-4-15)32(30,31-2)12-17-11-21(34-22(17)24(28)29)16-5-7-18(8-6-16)26-23(27)20-13-33-14-25-20/h5-12,14-15H,4,13H2,1-3H3,(H,28,29)(H,30,31);4-12,14-15H,3,13H2,1-2H3,(H,27,28)(H,29,30);3-10,12-13H,11H2,1-2H3,(H,27,28)(H,29,30);5-8,11,13-15,19H,3-4,9-10,12H2,1-2H3,(H,26,27)(H,28,29). The predicted octanol–water partition coefficient (Wildman–Crippen LogP) is 26.2. The number of aryl methyl sites for hydroxylation is 4. The molecule has 4 atom stereocenters. The number of anilines is 4. The van der Waals surface area contributed by atoms with Crippen LogP contribution in [0.2, 0.25) is 5.02 Å². The van der Waals surface area contributed by atoms with E-state index in [9.17, 15) is 77.0 Å². The van der Waals surface area contributed by atoms with Crippen molar-refractivity contribution in [2.75, 3.05) is 48.7 Å². The molecule has 0 bridgehead atoms. The summed E-state index contributed by atoms with van der Waals surface area (Å²) in [6.07, 6.45) is 3.77. The van der Waals surface area contributed by atoms with Crippen molar-refractivity contribution in [1.82, 2.24) is 19.9 Å². The van der Waals surface area contributed by atoms with Gasteiger partial charge in [-0.05, 0) is 238 Å². The highest BCUT2D eigenvalue weighted by atomic mass is 35.5. The van der Waals surface area contributed by atoms with Gasteiger partial charge >= 0.3 is 23.9 Å². The van der Waals surface area contributed by atoms with E-state index < -0.39 is 53.4 Å². The monoisotopic (exact) mass is 2130 g/mol. The van der Waals surface area contributed by atoms with E-state index in [1.54, 1.807) is 186 Å². The quantitative estimate of drug-likeness (QED) is 0.0174. The van der Waals surface area contributed by atoms with Crippen LogP contribution in [0.4, 0.5) is 22.7 Å². The molecular formula is C99H95ClN8O20P4S8. The third kappa shape index (κ3) is 26.9. The molecule has 4 amide bonds. The van der Waals surface area contributed by atoms with Gasteiger partial charge in [0.05, 0.1) is 59.9 Å². The Balaban J connectivity index is 0.000000157. The van der Waals surface area contributed by atoms with Crippen molar-refractivity contribution >= 4 is 218 Å². The van der Waals surface area contributed by atoms with Gasteiger partial charge in [-0.2, -0.15) is 0 Å². The van der Waals surface area contributed by atoms with Gasteiger partial charge < -0.3 is 59.8 Å². The maximum absolute atomic E-state index is 14.0. The second-order valence-electron chi connectivity index (χ2n) is 32.3. The Hall–Kier alpha value is -11.3. The molecule has 4 unspecified atom stereocenters. The molecule has 0 spiro atoms.